The SMILES string of the molecule is CCn1cc(CNC(=O)N2CC[C@H](n3nc(C)cc3C)C2)c(C)n1. The zero-order valence-corrected chi connectivity index (χ0v) is 14.9. The Morgan fingerprint density at radius 1 is 1.33 bits per heavy atom. The summed E-state index contributed by atoms with van der Waals surface area (Å²) < 4.78 is 3.95. The minimum absolute atomic E-state index is 0.0114. The molecule has 0 saturated carbocycles. The third kappa shape index (κ3) is 3.29. The number of amides is 2. The van der Waals surface area contributed by atoms with Crippen LogP contribution in [0.15, 0.2) is 12.3 Å². The zero-order chi connectivity index (χ0) is 17.3. The summed E-state index contributed by atoms with van der Waals surface area (Å²) in [6.07, 6.45) is 2.94. The highest BCUT2D eigenvalue weighted by Crippen LogP contribution is 2.23. The highest BCUT2D eigenvalue weighted by Gasteiger charge is 2.28. The quantitative estimate of drug-likeness (QED) is 0.934. The van der Waals surface area contributed by atoms with Crippen LogP contribution in [-0.2, 0) is 13.1 Å². The van der Waals surface area contributed by atoms with Crippen molar-refractivity contribution in [3.05, 3.63) is 34.9 Å². The van der Waals surface area contributed by atoms with Crippen LogP contribution in [0.2, 0.25) is 0 Å². The van der Waals surface area contributed by atoms with Gasteiger partial charge < -0.3 is 10.2 Å². The maximum atomic E-state index is 12.4. The van der Waals surface area contributed by atoms with E-state index in [4.69, 9.17) is 0 Å². The lowest BCUT2D eigenvalue weighted by molar-refractivity contribution is 0.206. The van der Waals surface area contributed by atoms with Crippen molar-refractivity contribution < 1.29 is 4.79 Å². The van der Waals surface area contributed by atoms with E-state index in [1.807, 2.05) is 29.6 Å². The maximum absolute atomic E-state index is 12.4. The van der Waals surface area contributed by atoms with Crippen molar-refractivity contribution in [2.24, 2.45) is 0 Å². The third-order valence-corrected chi connectivity index (χ3v) is 4.64. The van der Waals surface area contributed by atoms with Crippen LogP contribution < -0.4 is 5.32 Å². The summed E-state index contributed by atoms with van der Waals surface area (Å²) in [6.45, 7) is 10.9. The van der Waals surface area contributed by atoms with Gasteiger partial charge in [-0.2, -0.15) is 10.2 Å². The molecule has 130 valence electrons. The summed E-state index contributed by atoms with van der Waals surface area (Å²) in [5.74, 6) is 0. The molecule has 2 aromatic rings. The Labute approximate surface area is 142 Å². The first kappa shape index (κ1) is 16.5. The number of aromatic nitrogens is 4. The number of likely N-dealkylation sites (tertiary alicyclic amines) is 1. The molecule has 3 heterocycles. The summed E-state index contributed by atoms with van der Waals surface area (Å²) >= 11 is 0. The van der Waals surface area contributed by atoms with E-state index in [0.29, 0.717) is 13.1 Å². The van der Waals surface area contributed by atoms with Crippen LogP contribution in [0.25, 0.3) is 0 Å². The molecule has 1 aliphatic heterocycles. The van der Waals surface area contributed by atoms with Gasteiger partial charge in [0, 0.05) is 43.6 Å². The van der Waals surface area contributed by atoms with Crippen molar-refractivity contribution in [1.29, 1.82) is 0 Å². The largest absolute Gasteiger partial charge is 0.334 e. The lowest BCUT2D eigenvalue weighted by Gasteiger charge is -2.18. The first-order valence-corrected chi connectivity index (χ1v) is 8.56. The van der Waals surface area contributed by atoms with Gasteiger partial charge in [0.25, 0.3) is 0 Å². The first-order valence-electron chi connectivity index (χ1n) is 8.56. The van der Waals surface area contributed by atoms with Crippen LogP contribution >= 0.6 is 0 Å². The van der Waals surface area contributed by atoms with Gasteiger partial charge in [-0.05, 0) is 40.2 Å². The van der Waals surface area contributed by atoms with Crippen molar-refractivity contribution in [1.82, 2.24) is 29.8 Å². The number of carbonyl (C=O) groups excluding carboxylic acids is 1. The Kier molecular flexibility index (Phi) is 4.59. The summed E-state index contributed by atoms with van der Waals surface area (Å²) in [5.41, 5.74) is 4.22. The van der Waals surface area contributed by atoms with Crippen molar-refractivity contribution >= 4 is 6.03 Å². The second kappa shape index (κ2) is 6.67. The Morgan fingerprint density at radius 3 is 2.75 bits per heavy atom. The maximum Gasteiger partial charge on any atom is 0.317 e. The Balaban J connectivity index is 1.56. The molecule has 0 radical (unpaired) electrons. The Bertz CT molecular complexity index is 732. The van der Waals surface area contributed by atoms with Gasteiger partial charge >= 0.3 is 6.03 Å². The van der Waals surface area contributed by atoms with Crippen molar-refractivity contribution in [3.63, 3.8) is 0 Å². The fourth-order valence-corrected chi connectivity index (χ4v) is 3.32. The van der Waals surface area contributed by atoms with Crippen LogP contribution in [0.4, 0.5) is 4.79 Å². The van der Waals surface area contributed by atoms with Crippen LogP contribution in [-0.4, -0.2) is 43.6 Å². The number of urea groups is 1. The normalized spacial score (nSPS) is 17.5. The number of nitrogens with zero attached hydrogens (tertiary/aromatic N) is 5. The molecule has 0 bridgehead atoms. The molecular weight excluding hydrogens is 304 g/mol. The molecule has 1 fully saturated rings. The monoisotopic (exact) mass is 330 g/mol. The fraction of sp³-hybridized carbons (Fsp3) is 0.588. The van der Waals surface area contributed by atoms with Gasteiger partial charge in [-0.3, -0.25) is 9.36 Å². The summed E-state index contributed by atoms with van der Waals surface area (Å²) in [4.78, 5) is 14.3. The highest BCUT2D eigenvalue weighted by atomic mass is 16.2. The van der Waals surface area contributed by atoms with E-state index < -0.39 is 0 Å². The molecular formula is C17H26N6O. The fourth-order valence-electron chi connectivity index (χ4n) is 3.32. The topological polar surface area (TPSA) is 68.0 Å². The van der Waals surface area contributed by atoms with E-state index >= 15 is 0 Å². The van der Waals surface area contributed by atoms with E-state index in [2.05, 4.69) is 40.1 Å². The van der Waals surface area contributed by atoms with Gasteiger partial charge in [-0.25, -0.2) is 4.79 Å². The summed E-state index contributed by atoms with van der Waals surface area (Å²) in [6, 6.07) is 2.34. The standard InChI is InChI=1S/C17H26N6O/c1-5-22-10-15(14(4)20-22)9-18-17(24)21-7-6-16(11-21)23-13(3)8-12(2)19-23/h8,10,16H,5-7,9,11H2,1-4H3,(H,18,24)/t16-/m0/s1. The second-order valence-electron chi connectivity index (χ2n) is 6.51. The number of hydrogen-bond acceptors (Lipinski definition) is 3. The number of rotatable bonds is 4. The van der Waals surface area contributed by atoms with Gasteiger partial charge in [-0.1, -0.05) is 0 Å². The molecule has 0 aliphatic carbocycles. The molecule has 2 aromatic heterocycles. The molecule has 1 saturated heterocycles. The van der Waals surface area contributed by atoms with E-state index in [0.717, 1.165) is 42.2 Å². The first-order chi connectivity index (χ1) is 11.5. The predicted molar refractivity (Wildman–Crippen MR) is 91.8 cm³/mol. The summed E-state index contributed by atoms with van der Waals surface area (Å²) in [7, 11) is 0. The number of carbonyl (C=O) groups is 1. The molecule has 2 amide bonds. The Morgan fingerprint density at radius 2 is 2.12 bits per heavy atom. The molecule has 1 N–H and O–H groups in total. The number of hydrogen-bond donors (Lipinski definition) is 1. The van der Waals surface area contributed by atoms with E-state index in [1.54, 1.807) is 0 Å². The number of aryl methyl sites for hydroxylation is 4. The van der Waals surface area contributed by atoms with Crippen LogP contribution in [0.5, 0.6) is 0 Å². The summed E-state index contributed by atoms with van der Waals surface area (Å²) in [5, 5.41) is 12.0. The van der Waals surface area contributed by atoms with E-state index in [9.17, 15) is 4.79 Å². The molecule has 24 heavy (non-hydrogen) atoms. The predicted octanol–water partition coefficient (Wildman–Crippen LogP) is 2.18. The van der Waals surface area contributed by atoms with Crippen molar-refractivity contribution in [3.8, 4) is 0 Å². The van der Waals surface area contributed by atoms with Crippen molar-refractivity contribution in [2.45, 2.75) is 53.2 Å². The molecule has 0 unspecified atom stereocenters. The van der Waals surface area contributed by atoms with Crippen molar-refractivity contribution in [2.75, 3.05) is 13.1 Å². The molecule has 0 aromatic carbocycles. The highest BCUT2D eigenvalue weighted by molar-refractivity contribution is 5.74. The molecule has 3 rings (SSSR count). The molecule has 0 spiro atoms. The van der Waals surface area contributed by atoms with E-state index in [1.165, 1.54) is 0 Å². The van der Waals surface area contributed by atoms with E-state index in [-0.39, 0.29) is 12.1 Å². The molecule has 7 nitrogen and oxygen atoms in total. The van der Waals surface area contributed by atoms with Crippen LogP contribution in [0.3, 0.4) is 0 Å². The average molecular weight is 330 g/mol. The Hall–Kier alpha value is -2.31. The second-order valence-corrected chi connectivity index (χ2v) is 6.51. The van der Waals surface area contributed by atoms with Gasteiger partial charge in [0.15, 0.2) is 0 Å². The van der Waals surface area contributed by atoms with Gasteiger partial charge in [0.2, 0.25) is 0 Å². The van der Waals surface area contributed by atoms with Gasteiger partial charge in [0.05, 0.1) is 17.4 Å². The lowest BCUT2D eigenvalue weighted by atomic mass is 10.2. The third-order valence-electron chi connectivity index (χ3n) is 4.64. The minimum Gasteiger partial charge on any atom is -0.334 e. The van der Waals surface area contributed by atoms with Crippen LogP contribution in [0.1, 0.15) is 42.0 Å². The van der Waals surface area contributed by atoms with Gasteiger partial charge in [0.1, 0.15) is 0 Å². The molecule has 7 heteroatoms. The minimum atomic E-state index is -0.0114. The average Bonchev–Trinajstić information content (AvgIpc) is 3.24. The van der Waals surface area contributed by atoms with Gasteiger partial charge in [-0.15, -0.1) is 0 Å². The smallest absolute Gasteiger partial charge is 0.317 e. The number of nitrogens with one attached hydrogen (secondary N) is 1. The molecule has 1 atom stereocenters. The zero-order valence-electron chi connectivity index (χ0n) is 14.9. The molecule has 1 aliphatic rings. The van der Waals surface area contributed by atoms with Crippen LogP contribution in [0, 0.1) is 20.8 Å². The lowest BCUT2D eigenvalue weighted by Crippen LogP contribution is -2.38.